The molecule has 296 valence electrons. The number of aliphatic hydroxyl groups is 1. The van der Waals surface area contributed by atoms with E-state index < -0.39 is 57.6 Å². The lowest BCUT2D eigenvalue weighted by Crippen LogP contribution is -2.43. The quantitative estimate of drug-likeness (QED) is 0.0210. The van der Waals surface area contributed by atoms with Gasteiger partial charge in [0, 0.05) is 12.8 Å². The van der Waals surface area contributed by atoms with Crippen LogP contribution >= 0.6 is 7.82 Å². The van der Waals surface area contributed by atoms with Gasteiger partial charge in [0.2, 0.25) is 5.91 Å². The highest BCUT2D eigenvalue weighted by Crippen LogP contribution is 2.43. The van der Waals surface area contributed by atoms with Gasteiger partial charge < -0.3 is 25.2 Å². The van der Waals surface area contributed by atoms with Crippen molar-refractivity contribution in [2.45, 2.75) is 174 Å². The van der Waals surface area contributed by atoms with Crippen LogP contribution in [0.1, 0.15) is 162 Å². The van der Waals surface area contributed by atoms with Gasteiger partial charge in [-0.05, 0) is 64.2 Å². The number of amides is 1. The van der Waals surface area contributed by atoms with Gasteiger partial charge in [-0.3, -0.25) is 18.6 Å². The summed E-state index contributed by atoms with van der Waals surface area (Å²) in [7, 11) is -4.75. The molecular formula is C39H70NO10P. The summed E-state index contributed by atoms with van der Waals surface area (Å²) in [6.45, 7) is 2.47. The van der Waals surface area contributed by atoms with E-state index in [2.05, 4.69) is 55.6 Å². The molecule has 0 aromatic heterocycles. The summed E-state index contributed by atoms with van der Waals surface area (Å²) in [4.78, 5) is 45.7. The van der Waals surface area contributed by atoms with Gasteiger partial charge in [-0.15, -0.1) is 0 Å². The van der Waals surface area contributed by atoms with Crippen LogP contribution in [-0.2, 0) is 32.7 Å². The van der Waals surface area contributed by atoms with Gasteiger partial charge in [0.25, 0.3) is 0 Å². The first kappa shape index (κ1) is 48.7. The van der Waals surface area contributed by atoms with Crippen molar-refractivity contribution in [3.63, 3.8) is 0 Å². The number of aliphatic hydroxyl groups excluding tert-OH is 1. The molecular weight excluding hydrogens is 673 g/mol. The first-order valence-electron chi connectivity index (χ1n) is 19.5. The van der Waals surface area contributed by atoms with E-state index in [-0.39, 0.29) is 12.8 Å². The van der Waals surface area contributed by atoms with Crippen LogP contribution in [-0.4, -0.2) is 64.9 Å². The number of unbranched alkanes of at least 4 members (excludes halogenated alkanes) is 16. The van der Waals surface area contributed by atoms with Crippen LogP contribution < -0.4 is 5.32 Å². The number of phosphoric ester groups is 1. The summed E-state index contributed by atoms with van der Waals surface area (Å²) in [6, 6.07) is -1.55. The SMILES string of the molecule is CCC/C=C\C/C=C\CCCCCCCC(=O)OCC(O)COP(=O)(O)OCC(NC(=O)CCCCCCC/C=C\CCCCCCC)C(=O)O. The average Bonchev–Trinajstić information content (AvgIpc) is 3.10. The number of carboxylic acids is 1. The fourth-order valence-corrected chi connectivity index (χ4v) is 5.82. The van der Waals surface area contributed by atoms with Crippen molar-refractivity contribution in [2.24, 2.45) is 0 Å². The van der Waals surface area contributed by atoms with Crippen molar-refractivity contribution in [2.75, 3.05) is 19.8 Å². The molecule has 51 heavy (non-hydrogen) atoms. The van der Waals surface area contributed by atoms with E-state index in [9.17, 15) is 34.1 Å². The monoisotopic (exact) mass is 743 g/mol. The van der Waals surface area contributed by atoms with Gasteiger partial charge in [0.05, 0.1) is 13.2 Å². The Hall–Kier alpha value is -2.30. The van der Waals surface area contributed by atoms with Crippen LogP contribution in [0.3, 0.4) is 0 Å². The van der Waals surface area contributed by atoms with Gasteiger partial charge in [-0.25, -0.2) is 9.36 Å². The fraction of sp³-hybridized carbons (Fsp3) is 0.769. The number of hydrogen-bond donors (Lipinski definition) is 4. The maximum atomic E-state index is 12.3. The molecule has 0 bridgehead atoms. The van der Waals surface area contributed by atoms with Gasteiger partial charge in [-0.2, -0.15) is 0 Å². The number of carbonyl (C=O) groups excluding carboxylic acids is 2. The minimum atomic E-state index is -4.75. The third-order valence-electron chi connectivity index (χ3n) is 8.13. The average molecular weight is 744 g/mol. The number of hydrogen-bond acceptors (Lipinski definition) is 8. The molecule has 0 spiro atoms. The minimum Gasteiger partial charge on any atom is -0.480 e. The lowest BCUT2D eigenvalue weighted by atomic mass is 10.1. The van der Waals surface area contributed by atoms with E-state index >= 15 is 0 Å². The highest BCUT2D eigenvalue weighted by atomic mass is 31.2. The summed E-state index contributed by atoms with van der Waals surface area (Å²) >= 11 is 0. The second kappa shape index (κ2) is 34.8. The molecule has 0 aromatic carbocycles. The highest BCUT2D eigenvalue weighted by Gasteiger charge is 2.28. The first-order valence-corrected chi connectivity index (χ1v) is 21.0. The second-order valence-corrected chi connectivity index (χ2v) is 14.6. The lowest BCUT2D eigenvalue weighted by Gasteiger charge is -2.18. The molecule has 0 rings (SSSR count). The Morgan fingerprint density at radius 1 is 0.627 bits per heavy atom. The maximum Gasteiger partial charge on any atom is 0.472 e. The summed E-state index contributed by atoms with van der Waals surface area (Å²) < 4.78 is 26.7. The van der Waals surface area contributed by atoms with Gasteiger partial charge in [0.15, 0.2) is 6.04 Å². The Labute approximate surface area is 308 Å². The minimum absolute atomic E-state index is 0.134. The van der Waals surface area contributed by atoms with E-state index in [0.29, 0.717) is 12.8 Å². The van der Waals surface area contributed by atoms with E-state index in [4.69, 9.17) is 13.8 Å². The lowest BCUT2D eigenvalue weighted by molar-refractivity contribution is -0.147. The van der Waals surface area contributed by atoms with E-state index in [1.54, 1.807) is 0 Å². The van der Waals surface area contributed by atoms with Gasteiger partial charge >= 0.3 is 19.8 Å². The molecule has 3 atom stereocenters. The normalized spacial score (nSPS) is 14.3. The molecule has 12 heteroatoms. The zero-order valence-corrected chi connectivity index (χ0v) is 32.5. The predicted octanol–water partition coefficient (Wildman–Crippen LogP) is 9.27. The van der Waals surface area contributed by atoms with Crippen LogP contribution in [0.15, 0.2) is 36.5 Å². The number of esters is 1. The Morgan fingerprint density at radius 2 is 1.12 bits per heavy atom. The van der Waals surface area contributed by atoms with Crippen LogP contribution in [0, 0.1) is 0 Å². The molecule has 0 heterocycles. The Kier molecular flexibility index (Phi) is 33.2. The van der Waals surface area contributed by atoms with Crippen molar-refractivity contribution < 1.29 is 47.8 Å². The van der Waals surface area contributed by atoms with Gasteiger partial charge in [0.1, 0.15) is 12.7 Å². The zero-order chi connectivity index (χ0) is 37.8. The summed E-state index contributed by atoms with van der Waals surface area (Å²) in [5.74, 6) is -2.40. The van der Waals surface area contributed by atoms with Crippen molar-refractivity contribution in [3.05, 3.63) is 36.5 Å². The summed E-state index contributed by atoms with van der Waals surface area (Å²) in [5.41, 5.74) is 0. The zero-order valence-electron chi connectivity index (χ0n) is 31.7. The fourth-order valence-electron chi connectivity index (χ4n) is 5.05. The van der Waals surface area contributed by atoms with Crippen LogP contribution in [0.5, 0.6) is 0 Å². The standard InChI is InChI=1S/C39H70NO10P/c1-3-5-7-9-11-13-15-17-19-20-22-24-26-28-30-37(42)40-36(39(44)45)34-50-51(46,47)49-33-35(41)32-48-38(43)31-29-27-25-23-21-18-16-14-12-10-8-6-4-2/h8,10,14-17,35-36,41H,3-7,9,11-13,18-34H2,1-2H3,(H,40,42)(H,44,45)(H,46,47)/b10-8-,16-14-,17-15-. The summed E-state index contributed by atoms with van der Waals surface area (Å²) in [6.07, 6.45) is 34.6. The molecule has 0 aliphatic heterocycles. The molecule has 11 nitrogen and oxygen atoms in total. The van der Waals surface area contributed by atoms with Crippen LogP contribution in [0.25, 0.3) is 0 Å². The number of phosphoric acid groups is 1. The van der Waals surface area contributed by atoms with Gasteiger partial charge in [-0.1, -0.05) is 121 Å². The van der Waals surface area contributed by atoms with E-state index in [0.717, 1.165) is 83.5 Å². The number of aliphatic carboxylic acids is 1. The Balaban J connectivity index is 3.99. The number of carbonyl (C=O) groups is 3. The predicted molar refractivity (Wildman–Crippen MR) is 203 cm³/mol. The number of rotatable bonds is 36. The molecule has 0 radical (unpaired) electrons. The Morgan fingerprint density at radius 3 is 1.69 bits per heavy atom. The van der Waals surface area contributed by atoms with E-state index in [1.165, 1.54) is 38.5 Å². The van der Waals surface area contributed by atoms with Crippen LogP contribution in [0.4, 0.5) is 0 Å². The number of carboxylic acid groups (broad SMARTS) is 1. The number of allylic oxidation sites excluding steroid dienone is 6. The van der Waals surface area contributed by atoms with Crippen molar-refractivity contribution in [1.29, 1.82) is 0 Å². The number of nitrogens with one attached hydrogen (secondary N) is 1. The molecule has 0 aromatic rings. The van der Waals surface area contributed by atoms with Crippen molar-refractivity contribution >= 4 is 25.7 Å². The summed E-state index contributed by atoms with van der Waals surface area (Å²) in [5, 5.41) is 21.7. The van der Waals surface area contributed by atoms with Crippen LogP contribution in [0.2, 0.25) is 0 Å². The molecule has 0 aliphatic rings. The molecule has 0 saturated heterocycles. The largest absolute Gasteiger partial charge is 0.480 e. The third kappa shape index (κ3) is 34.5. The second-order valence-electron chi connectivity index (χ2n) is 13.1. The maximum absolute atomic E-state index is 12.3. The molecule has 0 fully saturated rings. The Bertz CT molecular complexity index is 1020. The van der Waals surface area contributed by atoms with E-state index in [1.807, 2.05) is 0 Å². The third-order valence-corrected chi connectivity index (χ3v) is 9.08. The number of ether oxygens (including phenoxy) is 1. The van der Waals surface area contributed by atoms with Crippen molar-refractivity contribution in [1.82, 2.24) is 5.32 Å². The molecule has 0 aliphatic carbocycles. The first-order chi connectivity index (χ1) is 24.6. The molecule has 3 unspecified atom stereocenters. The molecule has 4 N–H and O–H groups in total. The smallest absolute Gasteiger partial charge is 0.472 e. The molecule has 0 saturated carbocycles. The molecule has 1 amide bonds. The highest BCUT2D eigenvalue weighted by molar-refractivity contribution is 7.47. The topological polar surface area (TPSA) is 169 Å². The van der Waals surface area contributed by atoms with Crippen molar-refractivity contribution in [3.8, 4) is 0 Å².